The van der Waals surface area contributed by atoms with Gasteiger partial charge in [-0.05, 0) is 25.0 Å². The van der Waals surface area contributed by atoms with Crippen molar-refractivity contribution in [3.05, 3.63) is 41.5 Å². The fraction of sp³-hybridized carbons (Fsp3) is 0.500. The highest BCUT2D eigenvalue weighted by Crippen LogP contribution is 2.60. The summed E-state index contributed by atoms with van der Waals surface area (Å²) in [6.45, 7) is 0. The smallest absolute Gasteiger partial charge is 0.259 e. The van der Waals surface area contributed by atoms with Gasteiger partial charge >= 0.3 is 0 Å². The summed E-state index contributed by atoms with van der Waals surface area (Å²) in [7, 11) is 0. The Hall–Kier alpha value is -0.870. The van der Waals surface area contributed by atoms with E-state index in [1.54, 1.807) is 0 Å². The predicted octanol–water partition coefficient (Wildman–Crippen LogP) is 4.23. The van der Waals surface area contributed by atoms with Gasteiger partial charge in [-0.3, -0.25) is 4.79 Å². The van der Waals surface area contributed by atoms with Crippen LogP contribution in [0.3, 0.4) is 0 Å². The van der Waals surface area contributed by atoms with E-state index in [0.717, 1.165) is 11.1 Å². The lowest BCUT2D eigenvalue weighted by Crippen LogP contribution is -2.52. The van der Waals surface area contributed by atoms with E-state index in [2.05, 4.69) is 46.6 Å². The monoisotopic (exact) mass is 329 g/mol. The molecule has 2 atom stereocenters. The first-order valence-electron chi connectivity index (χ1n) is 8.24. The standard InChI is InChI=1S/C18H19NOS2/c20-17-13-6-2-1-5-12(13)16-11-18(21-9-10-22-18)14-7-3-4-8-15(14)19(16)17/h1-2,5-6,11,14-15H,3-4,7-10H2. The minimum absolute atomic E-state index is 0.217. The number of benzene rings is 1. The van der Waals surface area contributed by atoms with Crippen molar-refractivity contribution < 1.29 is 4.79 Å². The van der Waals surface area contributed by atoms with Gasteiger partial charge in [0, 0.05) is 34.6 Å². The van der Waals surface area contributed by atoms with Crippen LogP contribution in [-0.2, 0) is 0 Å². The maximum Gasteiger partial charge on any atom is 0.259 e. The van der Waals surface area contributed by atoms with Gasteiger partial charge in [0.2, 0.25) is 0 Å². The van der Waals surface area contributed by atoms with Gasteiger partial charge in [-0.25, -0.2) is 0 Å². The molecule has 2 fully saturated rings. The Bertz CT molecular complexity index is 677. The van der Waals surface area contributed by atoms with Crippen LogP contribution in [0, 0.1) is 5.92 Å². The molecule has 3 heterocycles. The molecule has 1 aliphatic carbocycles. The SMILES string of the molecule is O=C1c2ccccc2C2=CC3(SCCS3)C3CCCCC3N12. The van der Waals surface area contributed by atoms with Crippen molar-refractivity contribution in [3.8, 4) is 0 Å². The third-order valence-corrected chi connectivity index (χ3v) is 9.09. The third-order valence-electron chi connectivity index (χ3n) is 5.57. The van der Waals surface area contributed by atoms with Crippen LogP contribution in [-0.4, -0.2) is 32.4 Å². The lowest BCUT2D eigenvalue weighted by Gasteiger charge is -2.49. The molecule has 2 nitrogen and oxygen atoms in total. The maximum absolute atomic E-state index is 13.0. The van der Waals surface area contributed by atoms with Gasteiger partial charge in [-0.2, -0.15) is 0 Å². The molecule has 4 aliphatic rings. The van der Waals surface area contributed by atoms with Crippen molar-refractivity contribution in [2.75, 3.05) is 11.5 Å². The van der Waals surface area contributed by atoms with Crippen LogP contribution in [0.15, 0.2) is 30.3 Å². The zero-order chi connectivity index (χ0) is 14.7. The van der Waals surface area contributed by atoms with Crippen molar-refractivity contribution in [1.82, 2.24) is 4.90 Å². The zero-order valence-electron chi connectivity index (χ0n) is 12.5. The maximum atomic E-state index is 13.0. The second kappa shape index (κ2) is 4.81. The van der Waals surface area contributed by atoms with Crippen molar-refractivity contribution in [1.29, 1.82) is 0 Å². The van der Waals surface area contributed by atoms with E-state index < -0.39 is 0 Å². The average molecular weight is 329 g/mol. The Balaban J connectivity index is 1.71. The summed E-state index contributed by atoms with van der Waals surface area (Å²) < 4.78 is 0.217. The van der Waals surface area contributed by atoms with Crippen LogP contribution in [0.4, 0.5) is 0 Å². The number of carbonyl (C=O) groups excluding carboxylic acids is 1. The van der Waals surface area contributed by atoms with Crippen LogP contribution in [0.1, 0.15) is 41.6 Å². The van der Waals surface area contributed by atoms with Crippen LogP contribution in [0.25, 0.3) is 5.70 Å². The number of carbonyl (C=O) groups is 1. The molecule has 1 aromatic carbocycles. The molecule has 22 heavy (non-hydrogen) atoms. The number of hydrogen-bond acceptors (Lipinski definition) is 3. The van der Waals surface area contributed by atoms with Gasteiger partial charge in [-0.15, -0.1) is 23.5 Å². The first kappa shape index (κ1) is 13.6. The molecule has 0 radical (unpaired) electrons. The molecule has 1 saturated heterocycles. The lowest BCUT2D eigenvalue weighted by molar-refractivity contribution is 0.0694. The predicted molar refractivity (Wildman–Crippen MR) is 94.0 cm³/mol. The minimum atomic E-state index is 0.217. The fourth-order valence-corrected chi connectivity index (χ4v) is 8.17. The van der Waals surface area contributed by atoms with E-state index in [-0.39, 0.29) is 9.99 Å². The summed E-state index contributed by atoms with van der Waals surface area (Å²) >= 11 is 4.25. The van der Waals surface area contributed by atoms with Crippen LogP contribution in [0.2, 0.25) is 0 Å². The van der Waals surface area contributed by atoms with E-state index >= 15 is 0 Å². The molecular formula is C18H19NOS2. The average Bonchev–Trinajstić information content (AvgIpc) is 3.13. The highest BCUT2D eigenvalue weighted by atomic mass is 32.2. The molecule has 1 spiro atoms. The molecule has 5 rings (SSSR count). The number of thioether (sulfide) groups is 2. The summed E-state index contributed by atoms with van der Waals surface area (Å²) in [5, 5.41) is 0. The largest absolute Gasteiger partial charge is 0.305 e. The first-order valence-corrected chi connectivity index (χ1v) is 10.2. The second-order valence-corrected chi connectivity index (χ2v) is 9.63. The van der Waals surface area contributed by atoms with Crippen molar-refractivity contribution in [3.63, 3.8) is 0 Å². The molecular weight excluding hydrogens is 310 g/mol. The Morgan fingerprint density at radius 2 is 1.77 bits per heavy atom. The summed E-state index contributed by atoms with van der Waals surface area (Å²) in [6, 6.07) is 8.58. The molecule has 1 saturated carbocycles. The van der Waals surface area contributed by atoms with E-state index in [9.17, 15) is 4.79 Å². The van der Waals surface area contributed by atoms with Gasteiger partial charge in [0.15, 0.2) is 0 Å². The van der Waals surface area contributed by atoms with Crippen LogP contribution >= 0.6 is 23.5 Å². The number of amides is 1. The zero-order valence-corrected chi connectivity index (χ0v) is 14.1. The summed E-state index contributed by atoms with van der Waals surface area (Å²) in [4.78, 5) is 15.1. The van der Waals surface area contributed by atoms with Crippen molar-refractivity contribution in [2.45, 2.75) is 35.8 Å². The van der Waals surface area contributed by atoms with Gasteiger partial charge in [0.1, 0.15) is 0 Å². The molecule has 114 valence electrons. The van der Waals surface area contributed by atoms with Gasteiger partial charge in [0.05, 0.1) is 9.78 Å². The Morgan fingerprint density at radius 1 is 1.05 bits per heavy atom. The van der Waals surface area contributed by atoms with Gasteiger partial charge in [-0.1, -0.05) is 31.0 Å². The number of rotatable bonds is 0. The van der Waals surface area contributed by atoms with E-state index in [1.165, 1.54) is 42.9 Å². The van der Waals surface area contributed by atoms with Crippen molar-refractivity contribution >= 4 is 35.1 Å². The number of fused-ring (bicyclic) bond motifs is 6. The molecule has 1 aromatic rings. The minimum Gasteiger partial charge on any atom is -0.305 e. The molecule has 0 aromatic heterocycles. The highest BCUT2D eigenvalue weighted by molar-refractivity contribution is 8.21. The Labute approximate surface area is 139 Å². The normalized spacial score (nSPS) is 31.7. The van der Waals surface area contributed by atoms with Crippen molar-refractivity contribution in [2.24, 2.45) is 5.92 Å². The molecule has 3 aliphatic heterocycles. The number of nitrogens with zero attached hydrogens (tertiary/aromatic N) is 1. The second-order valence-electron chi connectivity index (χ2n) is 6.63. The van der Waals surface area contributed by atoms with Crippen LogP contribution in [0.5, 0.6) is 0 Å². The lowest BCUT2D eigenvalue weighted by atomic mass is 9.78. The number of hydrogen-bond donors (Lipinski definition) is 0. The molecule has 0 bridgehead atoms. The van der Waals surface area contributed by atoms with E-state index in [0.29, 0.717) is 12.0 Å². The quantitative estimate of drug-likeness (QED) is 0.710. The Morgan fingerprint density at radius 3 is 2.59 bits per heavy atom. The topological polar surface area (TPSA) is 20.3 Å². The summed E-state index contributed by atoms with van der Waals surface area (Å²) in [5.41, 5.74) is 3.26. The fourth-order valence-electron chi connectivity index (χ4n) is 4.67. The van der Waals surface area contributed by atoms with Gasteiger partial charge < -0.3 is 4.90 Å². The molecule has 4 heteroatoms. The third kappa shape index (κ3) is 1.68. The van der Waals surface area contributed by atoms with Crippen LogP contribution < -0.4 is 0 Å². The Kier molecular flexibility index (Phi) is 2.97. The van der Waals surface area contributed by atoms with E-state index in [1.807, 2.05) is 12.1 Å². The first-order chi connectivity index (χ1) is 10.8. The molecule has 1 amide bonds. The summed E-state index contributed by atoms with van der Waals surface area (Å²) in [6.07, 6.45) is 7.48. The summed E-state index contributed by atoms with van der Waals surface area (Å²) in [5.74, 6) is 3.35. The molecule has 0 N–H and O–H groups in total. The molecule has 2 unspecified atom stereocenters. The highest BCUT2D eigenvalue weighted by Gasteiger charge is 2.54. The van der Waals surface area contributed by atoms with E-state index in [4.69, 9.17) is 0 Å². The van der Waals surface area contributed by atoms with Gasteiger partial charge in [0.25, 0.3) is 5.91 Å².